The van der Waals surface area contributed by atoms with Crippen molar-refractivity contribution >= 4 is 15.9 Å². The van der Waals surface area contributed by atoms with Crippen molar-refractivity contribution in [3.63, 3.8) is 0 Å². The quantitative estimate of drug-likeness (QED) is 0.776. The van der Waals surface area contributed by atoms with Crippen molar-refractivity contribution in [1.29, 1.82) is 0 Å². The number of amides is 1. The summed E-state index contributed by atoms with van der Waals surface area (Å²) >= 11 is 0. The summed E-state index contributed by atoms with van der Waals surface area (Å²) in [4.78, 5) is 11.7. The van der Waals surface area contributed by atoms with E-state index < -0.39 is 10.0 Å². The molecular formula is C14H22N2O4S. The third-order valence-corrected chi connectivity index (χ3v) is 4.08. The van der Waals surface area contributed by atoms with E-state index in [2.05, 4.69) is 5.32 Å². The molecule has 0 atom stereocenters. The van der Waals surface area contributed by atoms with E-state index in [1.54, 1.807) is 31.4 Å². The molecular weight excluding hydrogens is 292 g/mol. The first-order valence-electron chi connectivity index (χ1n) is 6.71. The summed E-state index contributed by atoms with van der Waals surface area (Å²) in [5.41, 5.74) is 0.796. The molecule has 0 heterocycles. The van der Waals surface area contributed by atoms with E-state index in [1.165, 1.54) is 0 Å². The maximum absolute atomic E-state index is 11.8. The molecule has 21 heavy (non-hydrogen) atoms. The lowest BCUT2D eigenvalue weighted by atomic mass is 10.2. The fourth-order valence-corrected chi connectivity index (χ4v) is 2.44. The van der Waals surface area contributed by atoms with Gasteiger partial charge in [0.2, 0.25) is 15.9 Å². The van der Waals surface area contributed by atoms with E-state index in [-0.39, 0.29) is 19.0 Å². The van der Waals surface area contributed by atoms with Crippen LogP contribution in [0.3, 0.4) is 0 Å². The maximum Gasteiger partial charge on any atom is 0.235 e. The van der Waals surface area contributed by atoms with Crippen LogP contribution in [0.2, 0.25) is 0 Å². The minimum atomic E-state index is -3.46. The molecule has 0 aliphatic rings. The average molecular weight is 314 g/mol. The van der Waals surface area contributed by atoms with Crippen LogP contribution in [0.25, 0.3) is 0 Å². The van der Waals surface area contributed by atoms with Gasteiger partial charge in [-0.15, -0.1) is 0 Å². The van der Waals surface area contributed by atoms with Gasteiger partial charge in [-0.05, 0) is 24.1 Å². The molecule has 0 saturated carbocycles. The zero-order valence-corrected chi connectivity index (χ0v) is 13.4. The topological polar surface area (TPSA) is 75.7 Å². The van der Waals surface area contributed by atoms with Crippen molar-refractivity contribution in [3.8, 4) is 5.75 Å². The van der Waals surface area contributed by atoms with Crippen LogP contribution in [-0.2, 0) is 21.4 Å². The predicted molar refractivity (Wildman–Crippen MR) is 81.5 cm³/mol. The lowest BCUT2D eigenvalue weighted by molar-refractivity contribution is -0.121. The second kappa shape index (κ2) is 7.99. The number of nitrogens with one attached hydrogen (secondary N) is 1. The number of rotatable bonds is 8. The maximum atomic E-state index is 11.8. The number of nitrogens with zero attached hydrogens (tertiary/aromatic N) is 1. The Morgan fingerprint density at radius 2 is 1.90 bits per heavy atom. The number of hydrogen-bond acceptors (Lipinski definition) is 4. The lowest BCUT2D eigenvalue weighted by Crippen LogP contribution is -2.40. The van der Waals surface area contributed by atoms with Gasteiger partial charge in [0.15, 0.2) is 0 Å². The highest BCUT2D eigenvalue weighted by Crippen LogP contribution is 2.14. The molecule has 1 aromatic carbocycles. The second-order valence-electron chi connectivity index (χ2n) is 4.73. The van der Waals surface area contributed by atoms with Crippen molar-refractivity contribution in [1.82, 2.24) is 9.62 Å². The molecule has 0 saturated heterocycles. The standard InChI is InChI=1S/C14H22N2O4S/c1-4-9-15-14(17)11-16(21(3,18)19)10-12-5-7-13(20-2)8-6-12/h5-8H,4,9-11H2,1-3H3,(H,15,17). The van der Waals surface area contributed by atoms with Crippen LogP contribution in [0.1, 0.15) is 18.9 Å². The highest BCUT2D eigenvalue weighted by molar-refractivity contribution is 7.88. The van der Waals surface area contributed by atoms with Crippen LogP contribution in [0.5, 0.6) is 5.75 Å². The number of methoxy groups -OCH3 is 1. The molecule has 0 bridgehead atoms. The van der Waals surface area contributed by atoms with Crippen molar-refractivity contribution in [3.05, 3.63) is 29.8 Å². The molecule has 0 unspecified atom stereocenters. The molecule has 7 heteroatoms. The number of carbonyl (C=O) groups excluding carboxylic acids is 1. The normalized spacial score (nSPS) is 11.4. The first-order chi connectivity index (χ1) is 9.86. The van der Waals surface area contributed by atoms with Gasteiger partial charge in [0.1, 0.15) is 5.75 Å². The summed E-state index contributed by atoms with van der Waals surface area (Å²) in [7, 11) is -1.89. The second-order valence-corrected chi connectivity index (χ2v) is 6.71. The van der Waals surface area contributed by atoms with Gasteiger partial charge in [-0.3, -0.25) is 4.79 Å². The molecule has 118 valence electrons. The molecule has 1 N–H and O–H groups in total. The van der Waals surface area contributed by atoms with Gasteiger partial charge in [0, 0.05) is 13.1 Å². The van der Waals surface area contributed by atoms with Gasteiger partial charge in [0.25, 0.3) is 0 Å². The summed E-state index contributed by atoms with van der Waals surface area (Å²) in [5, 5.41) is 2.67. The summed E-state index contributed by atoms with van der Waals surface area (Å²) in [6.45, 7) is 2.46. The van der Waals surface area contributed by atoms with Crippen LogP contribution in [-0.4, -0.2) is 45.1 Å². The smallest absolute Gasteiger partial charge is 0.235 e. The Morgan fingerprint density at radius 1 is 1.29 bits per heavy atom. The lowest BCUT2D eigenvalue weighted by Gasteiger charge is -2.19. The van der Waals surface area contributed by atoms with Gasteiger partial charge in [-0.2, -0.15) is 4.31 Å². The van der Waals surface area contributed by atoms with E-state index in [1.807, 2.05) is 6.92 Å². The molecule has 0 spiro atoms. The molecule has 1 rings (SSSR count). The van der Waals surface area contributed by atoms with Gasteiger partial charge < -0.3 is 10.1 Å². The van der Waals surface area contributed by atoms with Crippen LogP contribution < -0.4 is 10.1 Å². The third-order valence-electron chi connectivity index (χ3n) is 2.88. The van der Waals surface area contributed by atoms with E-state index in [0.717, 1.165) is 22.5 Å². The predicted octanol–water partition coefficient (Wildman–Crippen LogP) is 0.983. The minimum Gasteiger partial charge on any atom is -0.497 e. The number of benzene rings is 1. The number of hydrogen-bond donors (Lipinski definition) is 1. The number of carbonyl (C=O) groups is 1. The summed E-state index contributed by atoms with van der Waals surface area (Å²) < 4.78 is 29.8. The summed E-state index contributed by atoms with van der Waals surface area (Å²) in [6, 6.07) is 7.07. The Labute approximate surface area is 126 Å². The van der Waals surface area contributed by atoms with Crippen molar-refractivity contribution in [2.24, 2.45) is 0 Å². The van der Waals surface area contributed by atoms with Crippen molar-refractivity contribution in [2.75, 3.05) is 26.5 Å². The third kappa shape index (κ3) is 6.14. The van der Waals surface area contributed by atoms with E-state index >= 15 is 0 Å². The van der Waals surface area contributed by atoms with Crippen LogP contribution in [0, 0.1) is 0 Å². The summed E-state index contributed by atoms with van der Waals surface area (Å²) in [5.74, 6) is 0.404. The van der Waals surface area contributed by atoms with Crippen molar-refractivity contribution in [2.45, 2.75) is 19.9 Å². The SMILES string of the molecule is CCCNC(=O)CN(Cc1ccc(OC)cc1)S(C)(=O)=O. The first kappa shape index (κ1) is 17.5. The zero-order valence-electron chi connectivity index (χ0n) is 12.6. The first-order valence-corrected chi connectivity index (χ1v) is 8.56. The molecule has 0 aliphatic carbocycles. The van der Waals surface area contributed by atoms with Gasteiger partial charge in [-0.1, -0.05) is 19.1 Å². The number of ether oxygens (including phenoxy) is 1. The largest absolute Gasteiger partial charge is 0.497 e. The summed E-state index contributed by atoms with van der Waals surface area (Å²) in [6.07, 6.45) is 1.91. The van der Waals surface area contributed by atoms with Crippen LogP contribution >= 0.6 is 0 Å². The molecule has 0 radical (unpaired) electrons. The van der Waals surface area contributed by atoms with Crippen LogP contribution in [0.4, 0.5) is 0 Å². The molecule has 0 aliphatic heterocycles. The monoisotopic (exact) mass is 314 g/mol. The molecule has 1 amide bonds. The molecule has 6 nitrogen and oxygen atoms in total. The van der Waals surface area contributed by atoms with Crippen LogP contribution in [0.15, 0.2) is 24.3 Å². The molecule has 0 aromatic heterocycles. The van der Waals surface area contributed by atoms with E-state index in [0.29, 0.717) is 12.3 Å². The fraction of sp³-hybridized carbons (Fsp3) is 0.500. The average Bonchev–Trinajstić information content (AvgIpc) is 2.44. The van der Waals surface area contributed by atoms with E-state index in [4.69, 9.17) is 4.74 Å². The highest BCUT2D eigenvalue weighted by atomic mass is 32.2. The molecule has 0 fully saturated rings. The fourth-order valence-electron chi connectivity index (χ4n) is 1.71. The van der Waals surface area contributed by atoms with Gasteiger partial charge in [0.05, 0.1) is 19.9 Å². The van der Waals surface area contributed by atoms with Gasteiger partial charge in [-0.25, -0.2) is 8.42 Å². The van der Waals surface area contributed by atoms with Gasteiger partial charge >= 0.3 is 0 Å². The zero-order chi connectivity index (χ0) is 15.9. The van der Waals surface area contributed by atoms with E-state index in [9.17, 15) is 13.2 Å². The Kier molecular flexibility index (Phi) is 6.64. The Hall–Kier alpha value is -1.60. The Balaban J connectivity index is 2.76. The molecule has 1 aromatic rings. The van der Waals surface area contributed by atoms with Crippen molar-refractivity contribution < 1.29 is 17.9 Å². The Bertz CT molecular complexity index is 555. The Morgan fingerprint density at radius 3 is 2.38 bits per heavy atom. The minimum absolute atomic E-state index is 0.155. The number of sulfonamides is 1. The highest BCUT2D eigenvalue weighted by Gasteiger charge is 2.20.